The van der Waals surface area contributed by atoms with Gasteiger partial charge < -0.3 is 5.32 Å². The van der Waals surface area contributed by atoms with Gasteiger partial charge in [-0.1, -0.05) is 42.3 Å². The van der Waals surface area contributed by atoms with Crippen LogP contribution in [0.15, 0.2) is 23.6 Å². The largest absolute Gasteiger partial charge is 0.310 e. The van der Waals surface area contributed by atoms with Crippen molar-refractivity contribution in [2.45, 2.75) is 19.9 Å². The highest BCUT2D eigenvalue weighted by molar-refractivity contribution is 7.09. The molecule has 96 valence electrons. The van der Waals surface area contributed by atoms with Crippen molar-refractivity contribution in [3.8, 4) is 11.3 Å². The second-order valence-electron chi connectivity index (χ2n) is 3.90. The Labute approximate surface area is 121 Å². The monoisotopic (exact) mass is 300 g/mol. The number of rotatable bonds is 5. The molecule has 0 aliphatic rings. The Morgan fingerprint density at radius 2 is 2.17 bits per heavy atom. The van der Waals surface area contributed by atoms with E-state index in [1.807, 2.05) is 17.5 Å². The normalized spacial score (nSPS) is 10.8. The summed E-state index contributed by atoms with van der Waals surface area (Å²) < 4.78 is 0. The van der Waals surface area contributed by atoms with E-state index in [4.69, 9.17) is 23.2 Å². The van der Waals surface area contributed by atoms with Gasteiger partial charge in [0.15, 0.2) is 0 Å². The zero-order valence-corrected chi connectivity index (χ0v) is 12.4. The maximum absolute atomic E-state index is 6.18. The van der Waals surface area contributed by atoms with E-state index in [2.05, 4.69) is 17.2 Å². The van der Waals surface area contributed by atoms with Crippen molar-refractivity contribution in [3.05, 3.63) is 38.6 Å². The molecule has 1 aromatic carbocycles. The van der Waals surface area contributed by atoms with Crippen molar-refractivity contribution in [3.63, 3.8) is 0 Å². The van der Waals surface area contributed by atoms with Crippen LogP contribution in [-0.4, -0.2) is 11.5 Å². The van der Waals surface area contributed by atoms with E-state index in [0.717, 1.165) is 35.8 Å². The number of aromatic nitrogens is 1. The Kier molecular flexibility index (Phi) is 5.01. The summed E-state index contributed by atoms with van der Waals surface area (Å²) in [6.45, 7) is 3.95. The van der Waals surface area contributed by atoms with Crippen molar-refractivity contribution in [1.29, 1.82) is 0 Å². The first-order chi connectivity index (χ1) is 8.72. The molecule has 0 aliphatic carbocycles. The van der Waals surface area contributed by atoms with Crippen LogP contribution in [0.5, 0.6) is 0 Å². The Balaban J connectivity index is 2.16. The summed E-state index contributed by atoms with van der Waals surface area (Å²) in [6.07, 6.45) is 1.12. The van der Waals surface area contributed by atoms with Gasteiger partial charge in [-0.25, -0.2) is 4.98 Å². The third-order valence-electron chi connectivity index (χ3n) is 2.48. The van der Waals surface area contributed by atoms with Crippen molar-refractivity contribution < 1.29 is 0 Å². The summed E-state index contributed by atoms with van der Waals surface area (Å²) in [5.74, 6) is 0. The van der Waals surface area contributed by atoms with Crippen LogP contribution < -0.4 is 5.32 Å². The Morgan fingerprint density at radius 3 is 2.94 bits per heavy atom. The molecule has 2 aromatic rings. The van der Waals surface area contributed by atoms with Crippen LogP contribution in [0.2, 0.25) is 10.0 Å². The molecule has 0 saturated carbocycles. The third-order valence-corrected chi connectivity index (χ3v) is 4.15. The van der Waals surface area contributed by atoms with Crippen LogP contribution in [0.1, 0.15) is 18.4 Å². The highest BCUT2D eigenvalue weighted by atomic mass is 35.5. The fraction of sp³-hybridized carbons (Fsp3) is 0.308. The minimum absolute atomic E-state index is 0.563. The van der Waals surface area contributed by atoms with Crippen LogP contribution in [0.3, 0.4) is 0 Å². The molecule has 0 saturated heterocycles. The van der Waals surface area contributed by atoms with Gasteiger partial charge in [-0.3, -0.25) is 0 Å². The van der Waals surface area contributed by atoms with E-state index in [9.17, 15) is 0 Å². The van der Waals surface area contributed by atoms with Crippen LogP contribution >= 0.6 is 34.5 Å². The first kappa shape index (κ1) is 13.8. The number of hydrogen-bond acceptors (Lipinski definition) is 3. The van der Waals surface area contributed by atoms with E-state index in [0.29, 0.717) is 10.0 Å². The summed E-state index contributed by atoms with van der Waals surface area (Å²) in [5.41, 5.74) is 1.78. The van der Waals surface area contributed by atoms with Crippen molar-refractivity contribution in [2.24, 2.45) is 0 Å². The Bertz CT molecular complexity index is 525. The van der Waals surface area contributed by atoms with E-state index in [1.54, 1.807) is 17.4 Å². The molecule has 0 radical (unpaired) electrons. The SMILES string of the molecule is CCCNCc1nc(-c2cccc(Cl)c2Cl)cs1. The molecule has 0 atom stereocenters. The molecular formula is C13H14Cl2N2S. The lowest BCUT2D eigenvalue weighted by atomic mass is 10.2. The number of benzene rings is 1. The molecule has 0 bridgehead atoms. The van der Waals surface area contributed by atoms with Gasteiger partial charge in [0.2, 0.25) is 0 Å². The average molecular weight is 301 g/mol. The van der Waals surface area contributed by atoms with Gasteiger partial charge in [0.05, 0.1) is 15.7 Å². The quantitative estimate of drug-likeness (QED) is 0.815. The van der Waals surface area contributed by atoms with Crippen LogP contribution in [0, 0.1) is 0 Å². The number of hydrogen-bond donors (Lipinski definition) is 1. The smallest absolute Gasteiger partial charge is 0.107 e. The van der Waals surface area contributed by atoms with E-state index < -0.39 is 0 Å². The van der Waals surface area contributed by atoms with Crippen LogP contribution in [-0.2, 0) is 6.54 Å². The fourth-order valence-electron chi connectivity index (χ4n) is 1.59. The average Bonchev–Trinajstić information content (AvgIpc) is 2.82. The van der Waals surface area contributed by atoms with Crippen molar-refractivity contribution in [1.82, 2.24) is 10.3 Å². The lowest BCUT2D eigenvalue weighted by Gasteiger charge is -2.02. The van der Waals surface area contributed by atoms with E-state index in [-0.39, 0.29) is 0 Å². The number of nitrogens with zero attached hydrogens (tertiary/aromatic N) is 1. The van der Waals surface area contributed by atoms with Crippen LogP contribution in [0.4, 0.5) is 0 Å². The molecule has 1 N–H and O–H groups in total. The lowest BCUT2D eigenvalue weighted by molar-refractivity contribution is 0.673. The molecule has 2 rings (SSSR count). The minimum Gasteiger partial charge on any atom is -0.310 e. The maximum Gasteiger partial charge on any atom is 0.107 e. The van der Waals surface area contributed by atoms with E-state index in [1.165, 1.54) is 0 Å². The fourth-order valence-corrected chi connectivity index (χ4v) is 2.75. The van der Waals surface area contributed by atoms with Gasteiger partial charge in [0.25, 0.3) is 0 Å². The zero-order valence-electron chi connectivity index (χ0n) is 10.0. The lowest BCUT2D eigenvalue weighted by Crippen LogP contribution is -2.13. The first-order valence-corrected chi connectivity index (χ1v) is 7.45. The molecule has 1 aromatic heterocycles. The molecule has 18 heavy (non-hydrogen) atoms. The number of thiazole rings is 1. The topological polar surface area (TPSA) is 24.9 Å². The maximum atomic E-state index is 6.18. The second kappa shape index (κ2) is 6.53. The highest BCUT2D eigenvalue weighted by Gasteiger charge is 2.10. The van der Waals surface area contributed by atoms with Crippen molar-refractivity contribution >= 4 is 34.5 Å². The summed E-state index contributed by atoms with van der Waals surface area (Å²) in [6, 6.07) is 5.61. The summed E-state index contributed by atoms with van der Waals surface area (Å²) in [5, 5.41) is 7.54. The predicted octanol–water partition coefficient (Wildman–Crippen LogP) is 4.62. The first-order valence-electron chi connectivity index (χ1n) is 5.82. The standard InChI is InChI=1S/C13H14Cl2N2S/c1-2-6-16-7-12-17-11(8-18-12)9-4-3-5-10(14)13(9)15/h3-5,8,16H,2,6-7H2,1H3. The molecule has 0 amide bonds. The molecule has 5 heteroatoms. The molecule has 2 nitrogen and oxygen atoms in total. The Morgan fingerprint density at radius 1 is 1.33 bits per heavy atom. The predicted molar refractivity (Wildman–Crippen MR) is 79.6 cm³/mol. The molecule has 0 unspecified atom stereocenters. The van der Waals surface area contributed by atoms with Gasteiger partial charge >= 0.3 is 0 Å². The van der Waals surface area contributed by atoms with Gasteiger partial charge in [-0.05, 0) is 19.0 Å². The summed E-state index contributed by atoms with van der Waals surface area (Å²) in [4.78, 5) is 4.57. The van der Waals surface area contributed by atoms with Crippen molar-refractivity contribution in [2.75, 3.05) is 6.54 Å². The number of halogens is 2. The van der Waals surface area contributed by atoms with Gasteiger partial charge in [-0.2, -0.15) is 0 Å². The van der Waals surface area contributed by atoms with E-state index >= 15 is 0 Å². The third kappa shape index (κ3) is 3.23. The number of nitrogens with one attached hydrogen (secondary N) is 1. The Hall–Kier alpha value is -0.610. The van der Waals surface area contributed by atoms with Crippen LogP contribution in [0.25, 0.3) is 11.3 Å². The van der Waals surface area contributed by atoms with Gasteiger partial charge in [0.1, 0.15) is 5.01 Å². The minimum atomic E-state index is 0.563. The molecule has 1 heterocycles. The molecule has 0 fully saturated rings. The zero-order chi connectivity index (χ0) is 13.0. The van der Waals surface area contributed by atoms with Gasteiger partial charge in [-0.15, -0.1) is 11.3 Å². The summed E-state index contributed by atoms with van der Waals surface area (Å²) in [7, 11) is 0. The highest BCUT2D eigenvalue weighted by Crippen LogP contribution is 2.33. The van der Waals surface area contributed by atoms with Gasteiger partial charge in [0, 0.05) is 17.5 Å². The summed E-state index contributed by atoms with van der Waals surface area (Å²) >= 11 is 13.8. The molecule has 0 aliphatic heterocycles. The molecule has 0 spiro atoms. The second-order valence-corrected chi connectivity index (χ2v) is 5.63. The molecular weight excluding hydrogens is 287 g/mol.